The van der Waals surface area contributed by atoms with Gasteiger partial charge in [0.15, 0.2) is 5.76 Å². The molecular formula is C30H38FN5O2. The quantitative estimate of drug-likeness (QED) is 0.462. The van der Waals surface area contributed by atoms with E-state index in [1.165, 1.54) is 17.7 Å². The zero-order valence-corrected chi connectivity index (χ0v) is 22.2. The first-order chi connectivity index (χ1) is 18.5. The third-order valence-electron chi connectivity index (χ3n) is 7.83. The molecular weight excluding hydrogens is 481 g/mol. The molecule has 0 saturated carbocycles. The Bertz CT molecular complexity index is 1160. The Hall–Kier alpha value is -3.23. The van der Waals surface area contributed by atoms with E-state index < -0.39 is 0 Å². The zero-order chi connectivity index (χ0) is 26.3. The van der Waals surface area contributed by atoms with Crippen molar-refractivity contribution in [1.82, 2.24) is 20.3 Å². The lowest BCUT2D eigenvalue weighted by Crippen LogP contribution is -2.50. The fraction of sp³-hybridized carbons (Fsp3) is 0.467. The molecule has 38 heavy (non-hydrogen) atoms. The molecule has 2 aliphatic heterocycles. The number of halogens is 1. The fourth-order valence-corrected chi connectivity index (χ4v) is 5.72. The van der Waals surface area contributed by atoms with Gasteiger partial charge in [-0.15, -0.1) is 0 Å². The lowest BCUT2D eigenvalue weighted by Gasteiger charge is -2.38. The average molecular weight is 520 g/mol. The summed E-state index contributed by atoms with van der Waals surface area (Å²) in [5.41, 5.74) is 3.25. The molecule has 1 aromatic heterocycles. The van der Waals surface area contributed by atoms with Crippen LogP contribution in [-0.2, 0) is 24.3 Å². The highest BCUT2D eigenvalue weighted by molar-refractivity contribution is 5.77. The predicted molar refractivity (Wildman–Crippen MR) is 146 cm³/mol. The fourth-order valence-electron chi connectivity index (χ4n) is 5.72. The van der Waals surface area contributed by atoms with Crippen molar-refractivity contribution in [2.45, 2.75) is 32.4 Å². The summed E-state index contributed by atoms with van der Waals surface area (Å²) in [5, 5.41) is 7.87. The van der Waals surface area contributed by atoms with Gasteiger partial charge in [-0.1, -0.05) is 35.5 Å². The number of benzene rings is 2. The van der Waals surface area contributed by atoms with Gasteiger partial charge < -0.3 is 19.6 Å². The molecule has 0 spiro atoms. The highest BCUT2D eigenvalue weighted by atomic mass is 19.1. The number of rotatable bonds is 9. The van der Waals surface area contributed by atoms with E-state index in [0.29, 0.717) is 37.9 Å². The second-order valence-electron chi connectivity index (χ2n) is 10.7. The van der Waals surface area contributed by atoms with Crippen molar-refractivity contribution in [3.05, 3.63) is 83.5 Å². The van der Waals surface area contributed by atoms with Gasteiger partial charge in [-0.2, -0.15) is 0 Å². The first-order valence-electron chi connectivity index (χ1n) is 13.7. The number of carbonyl (C=O) groups excluding carboxylic acids is 1. The Balaban J connectivity index is 1.11. The van der Waals surface area contributed by atoms with Crippen LogP contribution in [0.2, 0.25) is 0 Å². The van der Waals surface area contributed by atoms with Gasteiger partial charge in [-0.05, 0) is 74.6 Å². The van der Waals surface area contributed by atoms with Crippen molar-refractivity contribution in [2.24, 2.45) is 11.8 Å². The Kier molecular flexibility index (Phi) is 8.71. The first-order valence-corrected chi connectivity index (χ1v) is 13.7. The molecule has 3 aromatic rings. The molecule has 8 heteroatoms. The van der Waals surface area contributed by atoms with Crippen LogP contribution in [-0.4, -0.2) is 67.2 Å². The van der Waals surface area contributed by atoms with Crippen LogP contribution in [0.15, 0.2) is 65.2 Å². The molecule has 2 atom stereocenters. The van der Waals surface area contributed by atoms with Gasteiger partial charge in [-0.25, -0.2) is 4.39 Å². The van der Waals surface area contributed by atoms with Crippen LogP contribution in [0.5, 0.6) is 0 Å². The number of piperidine rings is 1. The molecule has 0 aliphatic carbocycles. The standard InChI is InChI=1S/C30H38FN5O2/c1-34(21-23-5-3-2-4-6-23)22-29-19-27(33-38-29)17-25-20-32-12-11-24(25)18-30(37)36-15-13-35(14-16-36)28-9-7-26(31)8-10-28/h2-10,19,24-25,32H,11-18,20-22H2,1H3. The lowest BCUT2D eigenvalue weighted by molar-refractivity contribution is -0.133. The summed E-state index contributed by atoms with van der Waals surface area (Å²) in [5.74, 6) is 1.57. The normalized spacial score (nSPS) is 20.2. The Labute approximate surface area is 224 Å². The predicted octanol–water partition coefficient (Wildman–Crippen LogP) is 3.95. The monoisotopic (exact) mass is 519 g/mol. The molecule has 202 valence electrons. The van der Waals surface area contributed by atoms with Gasteiger partial charge in [0.2, 0.25) is 5.91 Å². The molecule has 2 aromatic carbocycles. The average Bonchev–Trinajstić information content (AvgIpc) is 3.37. The van der Waals surface area contributed by atoms with Crippen LogP contribution in [0.4, 0.5) is 10.1 Å². The zero-order valence-electron chi connectivity index (χ0n) is 22.2. The Morgan fingerprint density at radius 2 is 1.82 bits per heavy atom. The SMILES string of the molecule is CN(Cc1ccccc1)Cc1cc(CC2CNCCC2CC(=O)N2CCN(c3ccc(F)cc3)CC2)no1. The number of amides is 1. The minimum absolute atomic E-state index is 0.226. The van der Waals surface area contributed by atoms with E-state index in [0.717, 1.165) is 62.7 Å². The summed E-state index contributed by atoms with van der Waals surface area (Å²) >= 11 is 0. The van der Waals surface area contributed by atoms with E-state index in [9.17, 15) is 9.18 Å². The van der Waals surface area contributed by atoms with E-state index in [2.05, 4.69) is 57.7 Å². The highest BCUT2D eigenvalue weighted by Gasteiger charge is 2.31. The van der Waals surface area contributed by atoms with Crippen molar-refractivity contribution in [3.63, 3.8) is 0 Å². The number of carbonyl (C=O) groups is 1. The smallest absolute Gasteiger partial charge is 0.222 e. The number of hydrogen-bond donors (Lipinski definition) is 1. The minimum Gasteiger partial charge on any atom is -0.368 e. The molecule has 0 bridgehead atoms. The van der Waals surface area contributed by atoms with E-state index in [1.54, 1.807) is 0 Å². The number of nitrogens with zero attached hydrogens (tertiary/aromatic N) is 4. The van der Waals surface area contributed by atoms with Gasteiger partial charge in [0.25, 0.3) is 0 Å². The largest absolute Gasteiger partial charge is 0.368 e. The maximum atomic E-state index is 13.3. The third kappa shape index (κ3) is 6.99. The summed E-state index contributed by atoms with van der Waals surface area (Å²) in [6, 6.07) is 19.1. The first kappa shape index (κ1) is 26.4. The van der Waals surface area contributed by atoms with Crippen molar-refractivity contribution in [1.29, 1.82) is 0 Å². The Morgan fingerprint density at radius 3 is 2.58 bits per heavy atom. The number of nitrogens with one attached hydrogen (secondary N) is 1. The van der Waals surface area contributed by atoms with Crippen LogP contribution in [0, 0.1) is 17.7 Å². The second kappa shape index (κ2) is 12.5. The Morgan fingerprint density at radius 1 is 1.05 bits per heavy atom. The molecule has 2 saturated heterocycles. The maximum absolute atomic E-state index is 13.3. The summed E-state index contributed by atoms with van der Waals surface area (Å²) in [7, 11) is 2.08. The van der Waals surface area contributed by atoms with Gasteiger partial charge in [-0.3, -0.25) is 9.69 Å². The summed E-state index contributed by atoms with van der Waals surface area (Å²) in [4.78, 5) is 19.7. The van der Waals surface area contributed by atoms with Gasteiger partial charge >= 0.3 is 0 Å². The summed E-state index contributed by atoms with van der Waals surface area (Å²) in [6.07, 6.45) is 2.39. The van der Waals surface area contributed by atoms with Crippen molar-refractivity contribution in [2.75, 3.05) is 51.2 Å². The number of hydrogen-bond acceptors (Lipinski definition) is 6. The van der Waals surface area contributed by atoms with Crippen molar-refractivity contribution < 1.29 is 13.7 Å². The van der Waals surface area contributed by atoms with Crippen LogP contribution < -0.4 is 10.2 Å². The summed E-state index contributed by atoms with van der Waals surface area (Å²) < 4.78 is 18.9. The molecule has 7 nitrogen and oxygen atoms in total. The molecule has 0 radical (unpaired) electrons. The second-order valence-corrected chi connectivity index (χ2v) is 10.7. The summed E-state index contributed by atoms with van der Waals surface area (Å²) in [6.45, 7) is 6.35. The van der Waals surface area contributed by atoms with E-state index in [-0.39, 0.29) is 11.7 Å². The molecule has 1 N–H and O–H groups in total. The highest BCUT2D eigenvalue weighted by Crippen LogP contribution is 2.28. The van der Waals surface area contributed by atoms with Crippen molar-refractivity contribution in [3.8, 4) is 0 Å². The maximum Gasteiger partial charge on any atom is 0.222 e. The van der Waals surface area contributed by atoms with E-state index in [1.807, 2.05) is 23.1 Å². The van der Waals surface area contributed by atoms with Crippen LogP contribution in [0.1, 0.15) is 29.9 Å². The lowest BCUT2D eigenvalue weighted by atomic mass is 9.81. The van der Waals surface area contributed by atoms with Crippen LogP contribution >= 0.6 is 0 Å². The number of anilines is 1. The molecule has 5 rings (SSSR count). The van der Waals surface area contributed by atoms with Crippen LogP contribution in [0.3, 0.4) is 0 Å². The molecule has 3 heterocycles. The van der Waals surface area contributed by atoms with Gasteiger partial charge in [0.05, 0.1) is 12.2 Å². The van der Waals surface area contributed by atoms with Gasteiger partial charge in [0, 0.05) is 50.9 Å². The molecule has 2 fully saturated rings. The topological polar surface area (TPSA) is 64.9 Å². The van der Waals surface area contributed by atoms with Crippen molar-refractivity contribution >= 4 is 11.6 Å². The van der Waals surface area contributed by atoms with E-state index in [4.69, 9.17) is 4.52 Å². The van der Waals surface area contributed by atoms with Crippen LogP contribution in [0.25, 0.3) is 0 Å². The number of aromatic nitrogens is 1. The molecule has 2 aliphatic rings. The number of piperazine rings is 1. The van der Waals surface area contributed by atoms with E-state index >= 15 is 0 Å². The molecule has 2 unspecified atom stereocenters. The third-order valence-corrected chi connectivity index (χ3v) is 7.83. The minimum atomic E-state index is -0.226. The molecule has 1 amide bonds. The van der Waals surface area contributed by atoms with Gasteiger partial charge in [0.1, 0.15) is 5.82 Å².